The van der Waals surface area contributed by atoms with E-state index in [1.165, 1.54) is 0 Å². The fourth-order valence-electron chi connectivity index (χ4n) is 5.61. The molecule has 1 saturated heterocycles. The molecule has 0 aliphatic carbocycles. The van der Waals surface area contributed by atoms with Crippen LogP contribution in [-0.2, 0) is 22.6 Å². The molecule has 4 aromatic rings. The molecule has 2 aromatic carbocycles. The summed E-state index contributed by atoms with van der Waals surface area (Å²) in [7, 11) is 0. The van der Waals surface area contributed by atoms with Crippen LogP contribution in [-0.4, -0.2) is 57.2 Å². The average Bonchev–Trinajstić information content (AvgIpc) is 3.55. The third-order valence-electron chi connectivity index (χ3n) is 7.82. The van der Waals surface area contributed by atoms with Crippen LogP contribution in [0.5, 0.6) is 5.75 Å². The van der Waals surface area contributed by atoms with Gasteiger partial charge in [-0.05, 0) is 55.2 Å². The minimum atomic E-state index is -0.891. The van der Waals surface area contributed by atoms with Gasteiger partial charge in [-0.2, -0.15) is 5.10 Å². The predicted octanol–water partition coefficient (Wildman–Crippen LogP) is 6.20. The Kier molecular flexibility index (Phi) is 7.74. The molecule has 43 heavy (non-hydrogen) atoms. The van der Waals surface area contributed by atoms with E-state index >= 15 is 0 Å². The number of benzene rings is 2. The van der Waals surface area contributed by atoms with Gasteiger partial charge < -0.3 is 19.1 Å². The summed E-state index contributed by atoms with van der Waals surface area (Å²) >= 11 is 0. The fraction of sp³-hybridized carbons (Fsp3) is 0.364. The summed E-state index contributed by atoms with van der Waals surface area (Å²) < 4.78 is 48.4. The number of pyridine rings is 1. The summed E-state index contributed by atoms with van der Waals surface area (Å²) in [5.74, 6) is -2.18. The topological polar surface area (TPSA) is 78.7 Å². The van der Waals surface area contributed by atoms with Gasteiger partial charge in [0.05, 0.1) is 13.2 Å². The SMILES string of the molecule is CC(C)c1ccc(COc2ccc(-c3c(-c4ccncc4)nn4c3C(=O)N(CC3COC(C)(C)O3)CC4)cc2)c(F)c1F. The summed E-state index contributed by atoms with van der Waals surface area (Å²) in [6.07, 6.45) is 3.17. The number of fused-ring (bicyclic) bond motifs is 1. The Morgan fingerprint density at radius 2 is 1.74 bits per heavy atom. The van der Waals surface area contributed by atoms with Gasteiger partial charge in [0.25, 0.3) is 5.91 Å². The first-order chi connectivity index (χ1) is 20.6. The average molecular weight is 589 g/mol. The zero-order valence-electron chi connectivity index (χ0n) is 24.6. The highest BCUT2D eigenvalue weighted by Crippen LogP contribution is 2.37. The number of rotatable bonds is 8. The number of halogens is 2. The van der Waals surface area contributed by atoms with Crippen LogP contribution in [0, 0.1) is 11.6 Å². The van der Waals surface area contributed by atoms with Gasteiger partial charge in [-0.1, -0.05) is 38.1 Å². The first kappa shape index (κ1) is 28.9. The number of hydrogen-bond donors (Lipinski definition) is 0. The molecule has 0 N–H and O–H groups in total. The van der Waals surface area contributed by atoms with Crippen molar-refractivity contribution >= 4 is 5.91 Å². The highest BCUT2D eigenvalue weighted by molar-refractivity contribution is 6.03. The molecule has 2 aromatic heterocycles. The Morgan fingerprint density at radius 3 is 2.42 bits per heavy atom. The summed E-state index contributed by atoms with van der Waals surface area (Å²) in [5.41, 5.74) is 3.95. The monoisotopic (exact) mass is 588 g/mol. The fourth-order valence-corrected chi connectivity index (χ4v) is 5.61. The molecule has 1 amide bonds. The van der Waals surface area contributed by atoms with Crippen LogP contribution in [0.3, 0.4) is 0 Å². The van der Waals surface area contributed by atoms with Gasteiger partial charge in [0.2, 0.25) is 0 Å². The van der Waals surface area contributed by atoms with E-state index in [2.05, 4.69) is 4.98 Å². The number of carbonyl (C=O) groups is 1. The number of amides is 1. The molecule has 4 heterocycles. The number of nitrogens with zero attached hydrogens (tertiary/aromatic N) is 4. The van der Waals surface area contributed by atoms with Gasteiger partial charge in [0.1, 0.15) is 29.8 Å². The molecule has 0 bridgehead atoms. The van der Waals surface area contributed by atoms with Gasteiger partial charge in [-0.15, -0.1) is 0 Å². The van der Waals surface area contributed by atoms with Gasteiger partial charge in [-0.3, -0.25) is 14.5 Å². The third-order valence-corrected chi connectivity index (χ3v) is 7.82. The maximum atomic E-state index is 14.7. The van der Waals surface area contributed by atoms with E-state index in [0.29, 0.717) is 54.5 Å². The van der Waals surface area contributed by atoms with Crippen molar-refractivity contribution in [2.45, 2.75) is 58.7 Å². The second-order valence-electron chi connectivity index (χ2n) is 11.6. The largest absolute Gasteiger partial charge is 0.489 e. The lowest BCUT2D eigenvalue weighted by Crippen LogP contribution is -2.45. The second kappa shape index (κ2) is 11.5. The molecule has 0 radical (unpaired) electrons. The standard InChI is InChI=1S/C33H34F2N4O4/c1-20(2)26-10-7-23(28(34)29(26)35)18-41-24-8-5-21(6-9-24)27-30(22-11-13-36-14-12-22)37-39-16-15-38(32(40)31(27)39)17-25-19-42-33(3,4)43-25/h5-14,20,25H,15-19H2,1-4H3. The molecule has 6 rings (SSSR count). The molecule has 0 spiro atoms. The molecule has 1 unspecified atom stereocenters. The van der Waals surface area contributed by atoms with E-state index in [0.717, 1.165) is 11.1 Å². The molecule has 0 saturated carbocycles. The van der Waals surface area contributed by atoms with Crippen molar-refractivity contribution < 1.29 is 27.8 Å². The highest BCUT2D eigenvalue weighted by Gasteiger charge is 2.38. The Balaban J connectivity index is 1.28. The Morgan fingerprint density at radius 1 is 1.00 bits per heavy atom. The smallest absolute Gasteiger partial charge is 0.272 e. The van der Waals surface area contributed by atoms with E-state index in [1.54, 1.807) is 46.2 Å². The summed E-state index contributed by atoms with van der Waals surface area (Å²) in [6.45, 7) is 9.12. The van der Waals surface area contributed by atoms with Crippen molar-refractivity contribution in [2.24, 2.45) is 0 Å². The van der Waals surface area contributed by atoms with Crippen LogP contribution in [0.1, 0.15) is 55.2 Å². The molecule has 2 aliphatic heterocycles. The van der Waals surface area contributed by atoms with Gasteiger partial charge in [-0.25, -0.2) is 8.78 Å². The first-order valence-corrected chi connectivity index (χ1v) is 14.4. The van der Waals surface area contributed by atoms with Crippen molar-refractivity contribution in [3.63, 3.8) is 0 Å². The van der Waals surface area contributed by atoms with E-state index in [9.17, 15) is 13.6 Å². The lowest BCUT2D eigenvalue weighted by molar-refractivity contribution is -0.139. The van der Waals surface area contributed by atoms with E-state index in [1.807, 2.05) is 52.0 Å². The third kappa shape index (κ3) is 5.77. The Hall–Kier alpha value is -4.15. The summed E-state index contributed by atoms with van der Waals surface area (Å²) in [5, 5.41) is 4.85. The molecule has 1 atom stereocenters. The molecule has 1 fully saturated rings. The minimum Gasteiger partial charge on any atom is -0.489 e. The maximum Gasteiger partial charge on any atom is 0.272 e. The van der Waals surface area contributed by atoms with Crippen molar-refractivity contribution in [3.05, 3.63) is 89.4 Å². The predicted molar refractivity (Wildman–Crippen MR) is 156 cm³/mol. The normalized spacial score (nSPS) is 17.9. The minimum absolute atomic E-state index is 0.122. The van der Waals surface area contributed by atoms with Crippen LogP contribution in [0.15, 0.2) is 60.9 Å². The molecule has 10 heteroatoms. The molecular weight excluding hydrogens is 554 g/mol. The molecule has 8 nitrogen and oxygen atoms in total. The zero-order chi connectivity index (χ0) is 30.3. The van der Waals surface area contributed by atoms with Crippen LogP contribution in [0.4, 0.5) is 8.78 Å². The van der Waals surface area contributed by atoms with Crippen LogP contribution in [0.2, 0.25) is 0 Å². The van der Waals surface area contributed by atoms with Crippen LogP contribution < -0.4 is 4.74 Å². The van der Waals surface area contributed by atoms with Crippen LogP contribution in [0.25, 0.3) is 22.4 Å². The van der Waals surface area contributed by atoms with Crippen molar-refractivity contribution in [1.29, 1.82) is 0 Å². The molecule has 2 aliphatic rings. The summed E-state index contributed by atoms with van der Waals surface area (Å²) in [6, 6.07) is 14.1. The van der Waals surface area contributed by atoms with Gasteiger partial charge in [0, 0.05) is 42.2 Å². The number of hydrogen-bond acceptors (Lipinski definition) is 6. The number of aromatic nitrogens is 3. The Labute approximate surface area is 249 Å². The number of carbonyl (C=O) groups excluding carboxylic acids is 1. The first-order valence-electron chi connectivity index (χ1n) is 14.4. The highest BCUT2D eigenvalue weighted by atomic mass is 19.2. The lowest BCUT2D eigenvalue weighted by atomic mass is 9.98. The molecular formula is C33H34F2N4O4. The maximum absolute atomic E-state index is 14.7. The molecule has 224 valence electrons. The van der Waals surface area contributed by atoms with Gasteiger partial charge >= 0.3 is 0 Å². The van der Waals surface area contributed by atoms with Crippen molar-refractivity contribution in [1.82, 2.24) is 19.7 Å². The number of ether oxygens (including phenoxy) is 3. The van der Waals surface area contributed by atoms with E-state index in [-0.39, 0.29) is 30.1 Å². The second-order valence-corrected chi connectivity index (χ2v) is 11.6. The zero-order valence-corrected chi connectivity index (χ0v) is 24.6. The van der Waals surface area contributed by atoms with E-state index < -0.39 is 17.4 Å². The van der Waals surface area contributed by atoms with E-state index in [4.69, 9.17) is 19.3 Å². The summed E-state index contributed by atoms with van der Waals surface area (Å²) in [4.78, 5) is 19.8. The Bertz CT molecular complexity index is 1640. The van der Waals surface area contributed by atoms with Gasteiger partial charge in [0.15, 0.2) is 17.4 Å². The van der Waals surface area contributed by atoms with Crippen molar-refractivity contribution in [3.8, 4) is 28.1 Å². The van der Waals surface area contributed by atoms with Crippen LogP contribution >= 0.6 is 0 Å². The lowest BCUT2D eigenvalue weighted by Gasteiger charge is -2.30. The quantitative estimate of drug-likeness (QED) is 0.244. The van der Waals surface area contributed by atoms with Crippen molar-refractivity contribution in [2.75, 3.05) is 19.7 Å².